The first-order valence-electron chi connectivity index (χ1n) is 12.9. The van der Waals surface area contributed by atoms with E-state index in [0.29, 0.717) is 5.75 Å². The summed E-state index contributed by atoms with van der Waals surface area (Å²) in [5.41, 5.74) is 2.12. The first-order chi connectivity index (χ1) is 18.6. The fraction of sp³-hybridized carbons (Fsp3) is 0.333. The number of benzene rings is 3. The van der Waals surface area contributed by atoms with Crippen LogP contribution in [-0.4, -0.2) is 50.9 Å². The number of amides is 2. The number of anilines is 1. The lowest BCUT2D eigenvalue weighted by molar-refractivity contribution is -0.139. The third-order valence-corrected chi connectivity index (χ3v) is 8.38. The van der Waals surface area contributed by atoms with Crippen LogP contribution >= 0.6 is 0 Å². The number of aryl methyl sites for hydroxylation is 1. The number of ether oxygens (including phenoxy) is 1. The molecule has 0 saturated heterocycles. The Morgan fingerprint density at radius 1 is 0.923 bits per heavy atom. The number of nitrogens with one attached hydrogen (secondary N) is 1. The summed E-state index contributed by atoms with van der Waals surface area (Å²) < 4.78 is 34.2. The Hall–Kier alpha value is -3.85. The van der Waals surface area contributed by atoms with Gasteiger partial charge in [-0.15, -0.1) is 0 Å². The highest BCUT2D eigenvalue weighted by molar-refractivity contribution is 7.92. The van der Waals surface area contributed by atoms with Crippen molar-refractivity contribution in [3.8, 4) is 5.75 Å². The molecular formula is C30H37N3O5S. The third-order valence-electron chi connectivity index (χ3n) is 6.61. The zero-order chi connectivity index (χ0) is 28.6. The van der Waals surface area contributed by atoms with Crippen molar-refractivity contribution in [3.05, 3.63) is 90.0 Å². The van der Waals surface area contributed by atoms with Crippen LogP contribution in [0.15, 0.2) is 83.8 Å². The van der Waals surface area contributed by atoms with Gasteiger partial charge in [0.1, 0.15) is 18.3 Å². The van der Waals surface area contributed by atoms with Crippen molar-refractivity contribution in [1.29, 1.82) is 0 Å². The van der Waals surface area contributed by atoms with Gasteiger partial charge in [-0.05, 0) is 57.0 Å². The van der Waals surface area contributed by atoms with E-state index in [1.54, 1.807) is 49.4 Å². The van der Waals surface area contributed by atoms with Gasteiger partial charge in [-0.1, -0.05) is 67.1 Å². The molecule has 0 bridgehead atoms. The molecule has 0 fully saturated rings. The lowest BCUT2D eigenvalue weighted by atomic mass is 10.1. The molecule has 3 aromatic rings. The van der Waals surface area contributed by atoms with E-state index in [0.717, 1.165) is 21.9 Å². The second-order valence-electron chi connectivity index (χ2n) is 9.50. The van der Waals surface area contributed by atoms with Crippen molar-refractivity contribution in [2.24, 2.45) is 0 Å². The Morgan fingerprint density at radius 3 is 2.15 bits per heavy atom. The number of hydrogen-bond donors (Lipinski definition) is 1. The van der Waals surface area contributed by atoms with Gasteiger partial charge in [0.05, 0.1) is 17.7 Å². The molecule has 0 spiro atoms. The van der Waals surface area contributed by atoms with Gasteiger partial charge in [0.2, 0.25) is 11.8 Å². The highest BCUT2D eigenvalue weighted by atomic mass is 32.2. The lowest BCUT2D eigenvalue weighted by Crippen LogP contribution is -2.52. The lowest BCUT2D eigenvalue weighted by Gasteiger charge is -2.32. The summed E-state index contributed by atoms with van der Waals surface area (Å²) in [6.45, 7) is 7.10. The summed E-state index contributed by atoms with van der Waals surface area (Å²) in [5, 5.41) is 2.93. The molecule has 9 heteroatoms. The first-order valence-corrected chi connectivity index (χ1v) is 14.4. The average molecular weight is 552 g/mol. The van der Waals surface area contributed by atoms with E-state index in [4.69, 9.17) is 4.74 Å². The summed E-state index contributed by atoms with van der Waals surface area (Å²) in [6, 6.07) is 21.3. The summed E-state index contributed by atoms with van der Waals surface area (Å²) in [5.74, 6) is -0.523. The average Bonchev–Trinajstić information content (AvgIpc) is 2.95. The second-order valence-corrected chi connectivity index (χ2v) is 11.4. The molecule has 0 aliphatic rings. The monoisotopic (exact) mass is 551 g/mol. The maximum atomic E-state index is 14.0. The van der Waals surface area contributed by atoms with E-state index in [2.05, 4.69) is 5.32 Å². The number of hydrogen-bond acceptors (Lipinski definition) is 5. The Bertz CT molecular complexity index is 1360. The first kappa shape index (κ1) is 29.7. The Labute approximate surface area is 231 Å². The Kier molecular flexibility index (Phi) is 10.1. The number of rotatable bonds is 12. The predicted octanol–water partition coefficient (Wildman–Crippen LogP) is 4.53. The minimum atomic E-state index is -4.16. The van der Waals surface area contributed by atoms with Crippen LogP contribution in [0.25, 0.3) is 0 Å². The molecule has 0 radical (unpaired) electrons. The number of sulfonamides is 1. The van der Waals surface area contributed by atoms with E-state index in [1.165, 1.54) is 24.1 Å². The minimum absolute atomic E-state index is 0.0383. The standard InChI is InChI=1S/C30H37N3O5S/c1-6-23(3)31-30(35)24(4)32(20-25-18-16-22(2)17-19-25)29(34)21-33(27-14-10-11-15-28(27)38-5)39(36,37)26-12-8-7-9-13-26/h7-19,23-24H,6,20-21H2,1-5H3,(H,31,35)/t23-,24-/m0/s1. The molecule has 0 aromatic heterocycles. The third kappa shape index (κ3) is 7.38. The van der Waals surface area contributed by atoms with Crippen molar-refractivity contribution in [3.63, 3.8) is 0 Å². The second kappa shape index (κ2) is 13.3. The molecule has 0 aliphatic carbocycles. The van der Waals surface area contributed by atoms with Crippen LogP contribution in [0, 0.1) is 6.92 Å². The molecule has 0 saturated carbocycles. The fourth-order valence-corrected chi connectivity index (χ4v) is 5.45. The summed E-state index contributed by atoms with van der Waals surface area (Å²) >= 11 is 0. The van der Waals surface area contributed by atoms with Crippen LogP contribution in [0.2, 0.25) is 0 Å². The predicted molar refractivity (Wildman–Crippen MR) is 153 cm³/mol. The maximum absolute atomic E-state index is 14.0. The van der Waals surface area contributed by atoms with Crippen LogP contribution in [0.5, 0.6) is 5.75 Å². The molecule has 3 rings (SSSR count). The summed E-state index contributed by atoms with van der Waals surface area (Å²) in [4.78, 5) is 28.6. The SMILES string of the molecule is CC[C@H](C)NC(=O)[C@H](C)N(Cc1ccc(C)cc1)C(=O)CN(c1ccccc1OC)S(=O)(=O)c1ccccc1. The highest BCUT2D eigenvalue weighted by Crippen LogP contribution is 2.32. The van der Waals surface area contributed by atoms with E-state index >= 15 is 0 Å². The minimum Gasteiger partial charge on any atom is -0.495 e. The van der Waals surface area contributed by atoms with Gasteiger partial charge in [0.25, 0.3) is 10.0 Å². The quantitative estimate of drug-likeness (QED) is 0.357. The smallest absolute Gasteiger partial charge is 0.264 e. The van der Waals surface area contributed by atoms with Gasteiger partial charge in [-0.25, -0.2) is 8.42 Å². The molecule has 39 heavy (non-hydrogen) atoms. The maximum Gasteiger partial charge on any atom is 0.264 e. The van der Waals surface area contributed by atoms with E-state index in [-0.39, 0.29) is 29.1 Å². The number of carbonyl (C=O) groups excluding carboxylic acids is 2. The van der Waals surface area contributed by atoms with Crippen LogP contribution in [0.4, 0.5) is 5.69 Å². The molecule has 0 aliphatic heterocycles. The molecule has 8 nitrogen and oxygen atoms in total. The van der Waals surface area contributed by atoms with Gasteiger partial charge in [-0.2, -0.15) is 0 Å². The Balaban J connectivity index is 2.04. The zero-order valence-electron chi connectivity index (χ0n) is 23.1. The topological polar surface area (TPSA) is 96.0 Å². The van der Waals surface area contributed by atoms with E-state index < -0.39 is 28.5 Å². The number of nitrogens with zero attached hydrogens (tertiary/aromatic N) is 2. The number of para-hydroxylation sites is 2. The Morgan fingerprint density at radius 2 is 1.54 bits per heavy atom. The van der Waals surface area contributed by atoms with Gasteiger partial charge in [0, 0.05) is 12.6 Å². The molecule has 2 atom stereocenters. The van der Waals surface area contributed by atoms with Gasteiger partial charge >= 0.3 is 0 Å². The fourth-order valence-electron chi connectivity index (χ4n) is 4.01. The molecular weight excluding hydrogens is 514 g/mol. The van der Waals surface area contributed by atoms with Crippen LogP contribution in [0.3, 0.4) is 0 Å². The van der Waals surface area contributed by atoms with E-state index in [1.807, 2.05) is 45.0 Å². The van der Waals surface area contributed by atoms with Crippen molar-refractivity contribution >= 4 is 27.5 Å². The van der Waals surface area contributed by atoms with Gasteiger partial charge < -0.3 is 15.0 Å². The molecule has 3 aromatic carbocycles. The molecule has 0 heterocycles. The van der Waals surface area contributed by atoms with Crippen molar-refractivity contribution in [2.45, 2.75) is 57.6 Å². The summed E-state index contributed by atoms with van der Waals surface area (Å²) in [6.07, 6.45) is 0.737. The molecule has 0 unspecified atom stereocenters. The normalized spacial score (nSPS) is 12.7. The van der Waals surface area contributed by atoms with Crippen molar-refractivity contribution < 1.29 is 22.7 Å². The zero-order valence-corrected chi connectivity index (χ0v) is 23.9. The number of carbonyl (C=O) groups is 2. The van der Waals surface area contributed by atoms with Gasteiger partial charge in [0.15, 0.2) is 0 Å². The van der Waals surface area contributed by atoms with Crippen molar-refractivity contribution in [1.82, 2.24) is 10.2 Å². The van der Waals surface area contributed by atoms with Crippen LogP contribution in [-0.2, 0) is 26.2 Å². The molecule has 208 valence electrons. The van der Waals surface area contributed by atoms with Crippen LogP contribution < -0.4 is 14.4 Å². The van der Waals surface area contributed by atoms with Crippen LogP contribution in [0.1, 0.15) is 38.3 Å². The van der Waals surface area contributed by atoms with E-state index in [9.17, 15) is 18.0 Å². The summed E-state index contributed by atoms with van der Waals surface area (Å²) in [7, 11) is -2.71. The van der Waals surface area contributed by atoms with Gasteiger partial charge in [-0.3, -0.25) is 13.9 Å². The molecule has 1 N–H and O–H groups in total. The molecule has 2 amide bonds. The largest absolute Gasteiger partial charge is 0.495 e. The number of methoxy groups -OCH3 is 1. The highest BCUT2D eigenvalue weighted by Gasteiger charge is 2.33. The van der Waals surface area contributed by atoms with Crippen molar-refractivity contribution in [2.75, 3.05) is 18.0 Å².